The molecule has 0 saturated carbocycles. The van der Waals surface area contributed by atoms with Crippen molar-refractivity contribution in [3.8, 4) is 46.0 Å². The van der Waals surface area contributed by atoms with Gasteiger partial charge in [-0.25, -0.2) is 0 Å². The van der Waals surface area contributed by atoms with Crippen LogP contribution in [-0.2, 0) is 9.47 Å². The van der Waals surface area contributed by atoms with Gasteiger partial charge in [0.05, 0.1) is 13.2 Å². The summed E-state index contributed by atoms with van der Waals surface area (Å²) in [6.45, 7) is -1.57. The van der Waals surface area contributed by atoms with Crippen LogP contribution in [0.1, 0.15) is 39.7 Å². The summed E-state index contributed by atoms with van der Waals surface area (Å²) in [6.07, 6.45) is -15.7. The Morgan fingerprint density at radius 3 is 1.48 bits per heavy atom. The van der Waals surface area contributed by atoms with Gasteiger partial charge in [0.25, 0.3) is 0 Å². The highest BCUT2D eigenvalue weighted by atomic mass is 16.7. The number of aromatic hydroxyl groups is 6. The van der Waals surface area contributed by atoms with E-state index in [0.29, 0.717) is 16.7 Å². The van der Waals surface area contributed by atoms with Crippen molar-refractivity contribution in [2.24, 2.45) is 0 Å². The van der Waals surface area contributed by atoms with Crippen LogP contribution in [0.2, 0.25) is 0 Å². The average molecular weight is 811 g/mol. The largest absolute Gasteiger partial charge is 0.508 e. The van der Waals surface area contributed by atoms with Gasteiger partial charge in [0.2, 0.25) is 24.1 Å². The molecule has 18 heteroatoms. The molecule has 58 heavy (non-hydrogen) atoms. The van der Waals surface area contributed by atoms with Crippen molar-refractivity contribution in [2.75, 3.05) is 13.2 Å². The molecule has 310 valence electrons. The third-order valence-electron chi connectivity index (χ3n) is 10.6. The molecule has 2 aliphatic heterocycles. The minimum atomic E-state index is -1.93. The van der Waals surface area contributed by atoms with Crippen LogP contribution in [0, 0.1) is 0 Å². The lowest BCUT2D eigenvalue weighted by atomic mass is 9.79. The minimum Gasteiger partial charge on any atom is -0.508 e. The van der Waals surface area contributed by atoms with E-state index in [4.69, 9.17) is 18.9 Å². The summed E-state index contributed by atoms with van der Waals surface area (Å²) in [6, 6.07) is 15.6. The maximum atomic E-state index is 12.1. The van der Waals surface area contributed by atoms with E-state index in [0.717, 1.165) is 12.1 Å². The summed E-state index contributed by atoms with van der Waals surface area (Å²) >= 11 is 0. The Balaban J connectivity index is 1.39. The highest BCUT2D eigenvalue weighted by Gasteiger charge is 2.48. The Bertz CT molecular complexity index is 2110. The van der Waals surface area contributed by atoms with Crippen LogP contribution in [0.5, 0.6) is 46.0 Å². The zero-order valence-corrected chi connectivity index (χ0v) is 30.2. The molecule has 0 spiro atoms. The molecule has 2 fully saturated rings. The number of hydrogen-bond acceptors (Lipinski definition) is 18. The third-order valence-corrected chi connectivity index (χ3v) is 10.6. The molecule has 2 saturated heterocycles. The lowest BCUT2D eigenvalue weighted by Gasteiger charge is -2.39. The van der Waals surface area contributed by atoms with Crippen LogP contribution < -0.4 is 9.47 Å². The predicted octanol–water partition coefficient (Wildman–Crippen LogP) is -0.253. The normalized spacial score (nSPS) is 31.6. The van der Waals surface area contributed by atoms with Crippen LogP contribution in [-0.4, -0.2) is 146 Å². The number of benzene rings is 4. The van der Waals surface area contributed by atoms with Crippen molar-refractivity contribution in [1.29, 1.82) is 0 Å². The molecule has 4 aromatic rings. The van der Waals surface area contributed by atoms with Gasteiger partial charge in [-0.1, -0.05) is 30.3 Å². The standard InChI is InChI=1S/C40H42O18/c41-13-25-30(48)33(51)35(53)39(55-25)57-37-22(45)10-17(11-23(37)46)28-27(16-3-7-19(44)8-4-16)20(9-15-1-5-18(43)6-2-15)21-12-24(47)38(32(50)29(21)28)58-40-36(54)34(52)31(49)26(14-42)56-40/h1-12,25-28,30-31,33-36,39-54H,13-14H2/t25-,26-,27+,28-,30-,31-,33+,34+,35-,36-,39+,40+/m0/s1. The Kier molecular flexibility index (Phi) is 11.3. The number of aliphatic hydroxyl groups excluding tert-OH is 8. The average Bonchev–Trinajstić information content (AvgIpc) is 3.51. The SMILES string of the molecule is OC[C@@H]1O[C@H](Oc2c(O)cc([C@@H]3c4c(cc(O)c(O[C@H]5O[C@@H](CO)[C@H](O)[C@@H](O)[C@@H]5O)c4O)C(=Cc4ccc(O)cc4)[C@H]3c3ccc(O)cc3)cc2O)[C@@H](O)[C@H](O)[C@H]1O. The number of rotatable bonds is 9. The first-order chi connectivity index (χ1) is 27.6. The van der Waals surface area contributed by atoms with Crippen LogP contribution in [0.25, 0.3) is 11.6 Å². The van der Waals surface area contributed by atoms with Crippen LogP contribution in [0.3, 0.4) is 0 Å². The number of ether oxygens (including phenoxy) is 4. The fourth-order valence-electron chi connectivity index (χ4n) is 7.65. The van der Waals surface area contributed by atoms with Crippen LogP contribution in [0.4, 0.5) is 0 Å². The highest BCUT2D eigenvalue weighted by molar-refractivity contribution is 5.94. The summed E-state index contributed by atoms with van der Waals surface area (Å²) in [5.74, 6) is -6.24. The number of fused-ring (bicyclic) bond motifs is 1. The molecule has 1 aliphatic carbocycles. The topological polar surface area (TPSA) is 320 Å². The predicted molar refractivity (Wildman–Crippen MR) is 197 cm³/mol. The maximum Gasteiger partial charge on any atom is 0.229 e. The van der Waals surface area contributed by atoms with Gasteiger partial charge in [0.15, 0.2) is 23.0 Å². The Morgan fingerprint density at radius 1 is 0.517 bits per heavy atom. The fraction of sp³-hybridized carbons (Fsp3) is 0.350. The first-order valence-corrected chi connectivity index (χ1v) is 18.0. The molecule has 0 amide bonds. The molecule has 14 N–H and O–H groups in total. The van der Waals surface area contributed by atoms with E-state index in [2.05, 4.69) is 0 Å². The Labute approximate surface area is 328 Å². The fourth-order valence-corrected chi connectivity index (χ4v) is 7.65. The first kappa shape index (κ1) is 40.8. The zero-order chi connectivity index (χ0) is 41.7. The molecular weight excluding hydrogens is 768 g/mol. The van der Waals surface area contributed by atoms with Crippen molar-refractivity contribution < 1.29 is 90.4 Å². The summed E-state index contributed by atoms with van der Waals surface area (Å²) in [7, 11) is 0. The van der Waals surface area contributed by atoms with E-state index >= 15 is 0 Å². The molecule has 3 aliphatic rings. The number of aliphatic hydroxyl groups is 8. The lowest BCUT2D eigenvalue weighted by Crippen LogP contribution is -2.60. The van der Waals surface area contributed by atoms with Gasteiger partial charge in [-0.3, -0.25) is 0 Å². The molecule has 18 nitrogen and oxygen atoms in total. The van der Waals surface area contributed by atoms with E-state index in [-0.39, 0.29) is 28.2 Å². The Hall–Kier alpha value is -5.38. The number of phenolic OH excluding ortho intramolecular Hbond substituents is 6. The number of phenols is 6. The summed E-state index contributed by atoms with van der Waals surface area (Å²) in [5.41, 5.74) is 1.85. The molecule has 2 heterocycles. The second-order valence-corrected chi connectivity index (χ2v) is 14.3. The zero-order valence-electron chi connectivity index (χ0n) is 30.2. The first-order valence-electron chi connectivity index (χ1n) is 18.0. The highest BCUT2D eigenvalue weighted by Crippen LogP contribution is 2.62. The van der Waals surface area contributed by atoms with Gasteiger partial charge in [0.1, 0.15) is 60.3 Å². The van der Waals surface area contributed by atoms with Crippen molar-refractivity contribution in [3.63, 3.8) is 0 Å². The molecule has 7 rings (SSSR count). The van der Waals surface area contributed by atoms with Crippen molar-refractivity contribution >= 4 is 11.6 Å². The molecule has 12 atom stereocenters. The second kappa shape index (κ2) is 16.1. The summed E-state index contributed by atoms with van der Waals surface area (Å²) in [5, 5.41) is 148. The number of hydrogen-bond donors (Lipinski definition) is 14. The van der Waals surface area contributed by atoms with Crippen LogP contribution in [0.15, 0.2) is 66.7 Å². The lowest BCUT2D eigenvalue weighted by molar-refractivity contribution is -0.277. The molecular formula is C40H42O18. The third kappa shape index (κ3) is 7.30. The maximum absolute atomic E-state index is 12.1. The monoisotopic (exact) mass is 810 g/mol. The van der Waals surface area contributed by atoms with Crippen molar-refractivity contribution in [3.05, 3.63) is 94.5 Å². The molecule has 4 aromatic carbocycles. The van der Waals surface area contributed by atoms with E-state index in [1.807, 2.05) is 0 Å². The van der Waals surface area contributed by atoms with E-state index in [9.17, 15) is 71.5 Å². The van der Waals surface area contributed by atoms with Gasteiger partial charge < -0.3 is 90.4 Å². The van der Waals surface area contributed by atoms with Crippen molar-refractivity contribution in [2.45, 2.75) is 73.2 Å². The quantitative estimate of drug-likeness (QED) is 0.104. The summed E-state index contributed by atoms with van der Waals surface area (Å²) in [4.78, 5) is 0. The molecule has 0 radical (unpaired) electrons. The van der Waals surface area contributed by atoms with E-state index in [1.54, 1.807) is 30.3 Å². The minimum absolute atomic E-state index is 0.0239. The van der Waals surface area contributed by atoms with E-state index < -0.39 is 121 Å². The Morgan fingerprint density at radius 2 is 0.983 bits per heavy atom. The number of allylic oxidation sites excluding steroid dienone is 1. The summed E-state index contributed by atoms with van der Waals surface area (Å²) < 4.78 is 22.2. The van der Waals surface area contributed by atoms with Crippen LogP contribution >= 0.6 is 0 Å². The van der Waals surface area contributed by atoms with Gasteiger partial charge >= 0.3 is 0 Å². The molecule has 0 unspecified atom stereocenters. The van der Waals surface area contributed by atoms with Gasteiger partial charge in [-0.15, -0.1) is 0 Å². The second-order valence-electron chi connectivity index (χ2n) is 14.3. The van der Waals surface area contributed by atoms with Gasteiger partial charge in [-0.2, -0.15) is 0 Å². The smallest absolute Gasteiger partial charge is 0.229 e. The van der Waals surface area contributed by atoms with Gasteiger partial charge in [0, 0.05) is 17.4 Å². The van der Waals surface area contributed by atoms with E-state index in [1.165, 1.54) is 30.3 Å². The molecule has 0 aromatic heterocycles. The van der Waals surface area contributed by atoms with Gasteiger partial charge in [-0.05, 0) is 70.3 Å². The van der Waals surface area contributed by atoms with Crippen molar-refractivity contribution in [1.82, 2.24) is 0 Å². The molecule has 0 bridgehead atoms.